The standard InChI is InChI=1S/C17H26N2O2/c1-11-6-7-16(8-12(11)2)18-15(5)17(20)19-9-13(3)21-14(4)10-19/h6-8,13-15,18H,9-10H2,1-5H3. The zero-order chi connectivity index (χ0) is 15.6. The van der Waals surface area contributed by atoms with E-state index in [1.165, 1.54) is 11.1 Å². The summed E-state index contributed by atoms with van der Waals surface area (Å²) in [4.78, 5) is 14.5. The Balaban J connectivity index is 2.00. The fraction of sp³-hybridized carbons (Fsp3) is 0.588. The predicted molar refractivity (Wildman–Crippen MR) is 85.6 cm³/mol. The zero-order valence-electron chi connectivity index (χ0n) is 13.6. The summed E-state index contributed by atoms with van der Waals surface area (Å²) in [6.07, 6.45) is 0.207. The Kier molecular flexibility index (Phi) is 4.88. The molecule has 0 aromatic heterocycles. The van der Waals surface area contributed by atoms with Crippen LogP contribution in [0.3, 0.4) is 0 Å². The number of carbonyl (C=O) groups is 1. The monoisotopic (exact) mass is 290 g/mol. The van der Waals surface area contributed by atoms with Crippen molar-refractivity contribution in [2.45, 2.75) is 52.9 Å². The van der Waals surface area contributed by atoms with Crippen molar-refractivity contribution in [3.8, 4) is 0 Å². The quantitative estimate of drug-likeness (QED) is 0.930. The Morgan fingerprint density at radius 2 is 1.86 bits per heavy atom. The molecule has 1 aromatic carbocycles. The summed E-state index contributed by atoms with van der Waals surface area (Å²) < 4.78 is 5.68. The van der Waals surface area contributed by atoms with Gasteiger partial charge in [-0.05, 0) is 57.9 Å². The van der Waals surface area contributed by atoms with E-state index in [1.54, 1.807) is 0 Å². The van der Waals surface area contributed by atoms with Crippen LogP contribution in [0.5, 0.6) is 0 Å². The molecule has 0 aliphatic carbocycles. The lowest BCUT2D eigenvalue weighted by molar-refractivity contribution is -0.143. The Bertz CT molecular complexity index is 506. The molecular formula is C17H26N2O2. The van der Waals surface area contributed by atoms with Crippen molar-refractivity contribution in [3.63, 3.8) is 0 Å². The van der Waals surface area contributed by atoms with Gasteiger partial charge in [-0.15, -0.1) is 0 Å². The molecule has 1 aromatic rings. The number of ether oxygens (including phenoxy) is 1. The largest absolute Gasteiger partial charge is 0.374 e. The summed E-state index contributed by atoms with van der Waals surface area (Å²) >= 11 is 0. The van der Waals surface area contributed by atoms with E-state index >= 15 is 0 Å². The maximum absolute atomic E-state index is 12.6. The van der Waals surface area contributed by atoms with Crippen LogP contribution in [-0.2, 0) is 9.53 Å². The zero-order valence-corrected chi connectivity index (χ0v) is 13.6. The van der Waals surface area contributed by atoms with Crippen molar-refractivity contribution >= 4 is 11.6 Å². The minimum absolute atomic E-state index is 0.103. The fourth-order valence-corrected chi connectivity index (χ4v) is 2.77. The van der Waals surface area contributed by atoms with Crippen molar-refractivity contribution in [2.24, 2.45) is 0 Å². The molecule has 0 spiro atoms. The second kappa shape index (κ2) is 6.48. The Hall–Kier alpha value is -1.55. The van der Waals surface area contributed by atoms with E-state index in [0.717, 1.165) is 5.69 Å². The highest BCUT2D eigenvalue weighted by atomic mass is 16.5. The molecule has 4 heteroatoms. The molecule has 2 rings (SSSR count). The lowest BCUT2D eigenvalue weighted by Gasteiger charge is -2.36. The van der Waals surface area contributed by atoms with E-state index in [4.69, 9.17) is 4.74 Å². The average molecular weight is 290 g/mol. The van der Waals surface area contributed by atoms with E-state index < -0.39 is 0 Å². The number of morpholine rings is 1. The first-order valence-electron chi connectivity index (χ1n) is 7.65. The molecule has 1 fully saturated rings. The maximum Gasteiger partial charge on any atom is 0.244 e. The molecule has 1 aliphatic rings. The third kappa shape index (κ3) is 3.97. The molecule has 1 amide bonds. The molecule has 116 valence electrons. The van der Waals surface area contributed by atoms with Crippen LogP contribution in [0.1, 0.15) is 31.9 Å². The third-order valence-electron chi connectivity index (χ3n) is 3.99. The Morgan fingerprint density at radius 3 is 2.43 bits per heavy atom. The van der Waals surface area contributed by atoms with Gasteiger partial charge in [0.25, 0.3) is 0 Å². The van der Waals surface area contributed by atoms with E-state index in [2.05, 4.69) is 31.3 Å². The minimum Gasteiger partial charge on any atom is -0.374 e. The van der Waals surface area contributed by atoms with Crippen molar-refractivity contribution in [2.75, 3.05) is 18.4 Å². The number of hydrogen-bond acceptors (Lipinski definition) is 3. The summed E-state index contributed by atoms with van der Waals surface area (Å²) in [7, 11) is 0. The summed E-state index contributed by atoms with van der Waals surface area (Å²) in [5, 5.41) is 3.30. The number of benzene rings is 1. The molecule has 1 aliphatic heterocycles. The van der Waals surface area contributed by atoms with Crippen LogP contribution in [0, 0.1) is 13.8 Å². The normalized spacial score (nSPS) is 23.8. The van der Waals surface area contributed by atoms with E-state index in [-0.39, 0.29) is 24.2 Å². The molecule has 3 unspecified atom stereocenters. The van der Waals surface area contributed by atoms with Gasteiger partial charge in [0.15, 0.2) is 0 Å². The van der Waals surface area contributed by atoms with Gasteiger partial charge in [0.05, 0.1) is 12.2 Å². The first-order chi connectivity index (χ1) is 9.86. The fourth-order valence-electron chi connectivity index (χ4n) is 2.77. The highest BCUT2D eigenvalue weighted by molar-refractivity contribution is 5.84. The van der Waals surface area contributed by atoms with E-state index in [0.29, 0.717) is 13.1 Å². The van der Waals surface area contributed by atoms with Gasteiger partial charge in [-0.1, -0.05) is 6.07 Å². The molecule has 0 saturated carbocycles. The summed E-state index contributed by atoms with van der Waals surface area (Å²) in [5.41, 5.74) is 3.48. The number of anilines is 1. The SMILES string of the molecule is Cc1ccc(NC(C)C(=O)N2CC(C)OC(C)C2)cc1C. The lowest BCUT2D eigenvalue weighted by atomic mass is 10.1. The number of rotatable bonds is 3. The number of hydrogen-bond donors (Lipinski definition) is 1. The van der Waals surface area contributed by atoms with Crippen LogP contribution in [0.25, 0.3) is 0 Å². The number of nitrogens with zero attached hydrogens (tertiary/aromatic N) is 1. The molecule has 1 heterocycles. The van der Waals surface area contributed by atoms with Crippen LogP contribution in [0.15, 0.2) is 18.2 Å². The second-order valence-electron chi connectivity index (χ2n) is 6.17. The van der Waals surface area contributed by atoms with E-state index in [1.807, 2.05) is 31.7 Å². The van der Waals surface area contributed by atoms with Crippen LogP contribution >= 0.6 is 0 Å². The topological polar surface area (TPSA) is 41.6 Å². The highest BCUT2D eigenvalue weighted by Gasteiger charge is 2.28. The van der Waals surface area contributed by atoms with Gasteiger partial charge >= 0.3 is 0 Å². The number of nitrogens with one attached hydrogen (secondary N) is 1. The first-order valence-corrected chi connectivity index (χ1v) is 7.65. The molecule has 0 bridgehead atoms. The van der Waals surface area contributed by atoms with E-state index in [9.17, 15) is 4.79 Å². The van der Waals surface area contributed by atoms with Gasteiger partial charge in [-0.25, -0.2) is 0 Å². The molecule has 1 N–H and O–H groups in total. The average Bonchev–Trinajstić information content (AvgIpc) is 2.41. The molecule has 0 radical (unpaired) electrons. The Morgan fingerprint density at radius 1 is 1.24 bits per heavy atom. The summed E-state index contributed by atoms with van der Waals surface area (Å²) in [5.74, 6) is 0.134. The smallest absolute Gasteiger partial charge is 0.244 e. The lowest BCUT2D eigenvalue weighted by Crippen LogP contribution is -2.52. The molecular weight excluding hydrogens is 264 g/mol. The second-order valence-corrected chi connectivity index (χ2v) is 6.17. The Labute approximate surface area is 127 Å². The highest BCUT2D eigenvalue weighted by Crippen LogP contribution is 2.17. The van der Waals surface area contributed by atoms with Gasteiger partial charge in [-0.2, -0.15) is 0 Å². The first kappa shape index (κ1) is 15.8. The van der Waals surface area contributed by atoms with Crippen LogP contribution in [0.4, 0.5) is 5.69 Å². The number of amides is 1. The molecule has 21 heavy (non-hydrogen) atoms. The predicted octanol–water partition coefficient (Wildman–Crippen LogP) is 2.74. The van der Waals surface area contributed by atoms with Crippen LogP contribution in [0.2, 0.25) is 0 Å². The number of carbonyl (C=O) groups excluding carboxylic acids is 1. The molecule has 3 atom stereocenters. The van der Waals surface area contributed by atoms with Crippen LogP contribution < -0.4 is 5.32 Å². The van der Waals surface area contributed by atoms with Crippen molar-refractivity contribution in [1.29, 1.82) is 0 Å². The molecule has 4 nitrogen and oxygen atoms in total. The van der Waals surface area contributed by atoms with Crippen LogP contribution in [-0.4, -0.2) is 42.1 Å². The van der Waals surface area contributed by atoms with Gasteiger partial charge in [0, 0.05) is 18.8 Å². The van der Waals surface area contributed by atoms with Crippen molar-refractivity contribution in [1.82, 2.24) is 4.90 Å². The van der Waals surface area contributed by atoms with Gasteiger partial charge in [0.1, 0.15) is 6.04 Å². The van der Waals surface area contributed by atoms with Crippen molar-refractivity contribution in [3.05, 3.63) is 29.3 Å². The minimum atomic E-state index is -0.232. The summed E-state index contributed by atoms with van der Waals surface area (Å²) in [6.45, 7) is 11.4. The number of aryl methyl sites for hydroxylation is 2. The van der Waals surface area contributed by atoms with Gasteiger partial charge in [-0.3, -0.25) is 4.79 Å². The maximum atomic E-state index is 12.6. The van der Waals surface area contributed by atoms with Crippen molar-refractivity contribution < 1.29 is 9.53 Å². The summed E-state index contributed by atoms with van der Waals surface area (Å²) in [6, 6.07) is 5.96. The van der Waals surface area contributed by atoms with Gasteiger partial charge < -0.3 is 15.0 Å². The molecule has 1 saturated heterocycles. The third-order valence-corrected chi connectivity index (χ3v) is 3.99. The van der Waals surface area contributed by atoms with Gasteiger partial charge in [0.2, 0.25) is 5.91 Å².